The molecule has 0 saturated heterocycles. The summed E-state index contributed by atoms with van der Waals surface area (Å²) in [5, 5.41) is 16.6. The molecule has 0 radical (unpaired) electrons. The van der Waals surface area contributed by atoms with Gasteiger partial charge in [0, 0.05) is 12.0 Å². The zero-order valence-electron chi connectivity index (χ0n) is 19.6. The van der Waals surface area contributed by atoms with Crippen molar-refractivity contribution in [2.75, 3.05) is 18.9 Å². The first-order chi connectivity index (χ1) is 16.4. The van der Waals surface area contributed by atoms with Gasteiger partial charge in [-0.15, -0.1) is 0 Å². The fourth-order valence-corrected chi connectivity index (χ4v) is 4.63. The van der Waals surface area contributed by atoms with Crippen molar-refractivity contribution in [3.05, 3.63) is 70.0 Å². The van der Waals surface area contributed by atoms with Crippen molar-refractivity contribution in [2.24, 2.45) is 0 Å². The Bertz CT molecular complexity index is 1200. The van der Waals surface area contributed by atoms with Gasteiger partial charge in [0.2, 0.25) is 0 Å². The molecule has 2 aromatic carbocycles. The molecule has 7 nitrogen and oxygen atoms in total. The number of benzene rings is 2. The number of hydrogen-bond donors (Lipinski definition) is 3. The van der Waals surface area contributed by atoms with Gasteiger partial charge in [0.25, 0.3) is 0 Å². The van der Waals surface area contributed by atoms with Gasteiger partial charge in [0.1, 0.15) is 17.7 Å². The number of esters is 1. The number of carbonyl (C=O) groups is 1. The summed E-state index contributed by atoms with van der Waals surface area (Å²) in [7, 11) is 1.72. The van der Waals surface area contributed by atoms with E-state index >= 15 is 0 Å². The lowest BCUT2D eigenvalue weighted by molar-refractivity contribution is -0.148. The molecule has 3 N–H and O–H groups in total. The predicted octanol–water partition coefficient (Wildman–Crippen LogP) is 4.47. The van der Waals surface area contributed by atoms with E-state index in [0.29, 0.717) is 35.8 Å². The highest BCUT2D eigenvalue weighted by Gasteiger charge is 2.36. The largest absolute Gasteiger partial charge is 0.508 e. The molecular formula is C26H29ClN4O3. The van der Waals surface area contributed by atoms with E-state index < -0.39 is 0 Å². The van der Waals surface area contributed by atoms with Crippen LogP contribution in [0.3, 0.4) is 0 Å². The average Bonchev–Trinajstić information content (AvgIpc) is 3.16. The molecule has 2 atom stereocenters. The van der Waals surface area contributed by atoms with Crippen LogP contribution in [0, 0.1) is 0 Å². The van der Waals surface area contributed by atoms with Gasteiger partial charge in [-0.05, 0) is 49.2 Å². The van der Waals surface area contributed by atoms with Crippen molar-refractivity contribution in [3.8, 4) is 17.0 Å². The van der Waals surface area contributed by atoms with E-state index in [1.807, 2.05) is 26.0 Å². The van der Waals surface area contributed by atoms with Crippen LogP contribution in [0.2, 0.25) is 5.02 Å². The molecule has 1 aromatic heterocycles. The fraction of sp³-hybridized carbons (Fsp3) is 0.346. The van der Waals surface area contributed by atoms with E-state index in [2.05, 4.69) is 22.8 Å². The number of phenolic OH excluding ortho intramolecular Hbond substituents is 1. The third-order valence-corrected chi connectivity index (χ3v) is 6.31. The summed E-state index contributed by atoms with van der Waals surface area (Å²) in [4.78, 5) is 22.1. The van der Waals surface area contributed by atoms with Crippen molar-refractivity contribution in [1.82, 2.24) is 15.3 Å². The summed E-state index contributed by atoms with van der Waals surface area (Å²) in [5.74, 6) is 0.488. The number of fused-ring (bicyclic) bond motifs is 1. The van der Waals surface area contributed by atoms with Gasteiger partial charge in [-0.2, -0.15) is 0 Å². The van der Waals surface area contributed by atoms with Crippen LogP contribution in [-0.2, 0) is 28.8 Å². The second kappa shape index (κ2) is 10.4. The summed E-state index contributed by atoms with van der Waals surface area (Å²) in [6, 6.07) is 12.7. The normalized spacial score (nSPS) is 16.8. The zero-order chi connectivity index (χ0) is 24.2. The topological polar surface area (TPSA) is 96.4 Å². The molecule has 0 saturated carbocycles. The number of ether oxygens (including phenoxy) is 1. The number of hydrogen-bond acceptors (Lipinski definition) is 7. The Hall–Kier alpha value is -3.16. The first-order valence-corrected chi connectivity index (χ1v) is 11.9. The minimum atomic E-state index is -0.346. The molecule has 8 heteroatoms. The molecule has 0 unspecified atom stereocenters. The highest BCUT2D eigenvalue weighted by molar-refractivity contribution is 6.33. The number of likely N-dealkylation sites (N-methyl/N-ethyl adjacent to an activating group) is 1. The molecule has 0 aliphatic heterocycles. The number of carbonyl (C=O) groups excluding carboxylic acids is 1. The van der Waals surface area contributed by atoms with Crippen molar-refractivity contribution >= 4 is 23.4 Å². The lowest BCUT2D eigenvalue weighted by Crippen LogP contribution is -2.31. The van der Waals surface area contributed by atoms with Crippen LogP contribution in [0.4, 0.5) is 5.82 Å². The van der Waals surface area contributed by atoms with E-state index in [4.69, 9.17) is 26.3 Å². The maximum atomic E-state index is 12.3. The number of nitrogens with one attached hydrogen (secondary N) is 2. The number of aromatic nitrogens is 2. The molecule has 1 heterocycles. The summed E-state index contributed by atoms with van der Waals surface area (Å²) < 4.78 is 5.82. The first-order valence-electron chi connectivity index (χ1n) is 11.5. The Kier molecular flexibility index (Phi) is 7.34. The van der Waals surface area contributed by atoms with Crippen LogP contribution in [0.15, 0.2) is 42.5 Å². The maximum Gasteiger partial charge on any atom is 0.320 e. The fourth-order valence-electron chi connectivity index (χ4n) is 4.37. The summed E-state index contributed by atoms with van der Waals surface area (Å²) in [6.07, 6.45) is 1.60. The van der Waals surface area contributed by atoms with Crippen molar-refractivity contribution in [1.29, 1.82) is 0 Å². The Labute approximate surface area is 204 Å². The second-order valence-corrected chi connectivity index (χ2v) is 8.68. The molecule has 178 valence electrons. The van der Waals surface area contributed by atoms with E-state index in [9.17, 15) is 9.90 Å². The third-order valence-electron chi connectivity index (χ3n) is 6.00. The molecule has 4 rings (SSSR count). The van der Waals surface area contributed by atoms with Crippen LogP contribution in [0.5, 0.6) is 5.75 Å². The minimum Gasteiger partial charge on any atom is -0.508 e. The number of anilines is 1. The summed E-state index contributed by atoms with van der Waals surface area (Å²) in [5.41, 5.74) is 5.27. The number of phenols is 1. The van der Waals surface area contributed by atoms with Gasteiger partial charge in [0.05, 0.1) is 34.7 Å². The van der Waals surface area contributed by atoms with Gasteiger partial charge < -0.3 is 20.5 Å². The Balaban J connectivity index is 1.72. The number of nitrogens with zero attached hydrogens (tertiary/aromatic N) is 2. The average molecular weight is 481 g/mol. The van der Waals surface area contributed by atoms with Gasteiger partial charge in [-0.25, -0.2) is 9.97 Å². The standard InChI is InChI=1S/C26H29ClN4O3/c1-4-20-24(18-11-10-16(32)13-19(18)27)29-21(5-2)26(30-20)31-25-17-9-7-6-8-15(17)12-22(25)34-23(33)14-28-3/h6-11,13,22,25,28,32H,4-5,12,14H2,1-3H3,(H,30,31)/t22-,25+/m0/s1. The van der Waals surface area contributed by atoms with Crippen molar-refractivity contribution in [2.45, 2.75) is 45.3 Å². The highest BCUT2D eigenvalue weighted by Crippen LogP contribution is 2.38. The number of aromatic hydroxyl groups is 1. The molecule has 0 fully saturated rings. The van der Waals surface area contributed by atoms with E-state index in [-0.39, 0.29) is 30.4 Å². The SMILES string of the molecule is CCc1nc(-c2ccc(O)cc2Cl)c(CC)nc1N[C@@H]1c2ccccc2C[C@@H]1OC(=O)CNC. The molecule has 1 aliphatic rings. The van der Waals surface area contributed by atoms with Crippen molar-refractivity contribution in [3.63, 3.8) is 0 Å². The monoisotopic (exact) mass is 480 g/mol. The molecule has 34 heavy (non-hydrogen) atoms. The lowest BCUT2D eigenvalue weighted by atomic mass is 10.1. The zero-order valence-corrected chi connectivity index (χ0v) is 20.3. The molecular weight excluding hydrogens is 452 g/mol. The molecule has 1 aliphatic carbocycles. The van der Waals surface area contributed by atoms with Crippen LogP contribution in [-0.4, -0.2) is 40.7 Å². The second-order valence-electron chi connectivity index (χ2n) is 8.27. The number of rotatable bonds is 8. The maximum absolute atomic E-state index is 12.3. The molecule has 0 amide bonds. The van der Waals surface area contributed by atoms with E-state index in [1.54, 1.807) is 19.2 Å². The van der Waals surface area contributed by atoms with Gasteiger partial charge in [0.15, 0.2) is 0 Å². The Morgan fingerprint density at radius 3 is 2.62 bits per heavy atom. The lowest BCUT2D eigenvalue weighted by Gasteiger charge is -2.24. The summed E-state index contributed by atoms with van der Waals surface area (Å²) >= 11 is 6.42. The minimum absolute atomic E-state index is 0.104. The quantitative estimate of drug-likeness (QED) is 0.409. The van der Waals surface area contributed by atoms with Gasteiger partial charge >= 0.3 is 5.97 Å². The Morgan fingerprint density at radius 1 is 1.15 bits per heavy atom. The third kappa shape index (κ3) is 4.86. The van der Waals surface area contributed by atoms with Gasteiger partial charge in [-0.1, -0.05) is 49.7 Å². The molecule has 0 spiro atoms. The van der Waals surface area contributed by atoms with E-state index in [0.717, 1.165) is 28.1 Å². The number of aryl methyl sites for hydroxylation is 2. The van der Waals surface area contributed by atoms with E-state index in [1.165, 1.54) is 6.07 Å². The Morgan fingerprint density at radius 2 is 1.91 bits per heavy atom. The van der Waals surface area contributed by atoms with Crippen molar-refractivity contribution < 1.29 is 14.6 Å². The highest BCUT2D eigenvalue weighted by atomic mass is 35.5. The van der Waals surface area contributed by atoms with Crippen LogP contribution in [0.1, 0.15) is 42.4 Å². The predicted molar refractivity (Wildman–Crippen MR) is 133 cm³/mol. The smallest absolute Gasteiger partial charge is 0.320 e. The molecule has 0 bridgehead atoms. The van der Waals surface area contributed by atoms with Crippen LogP contribution >= 0.6 is 11.6 Å². The first kappa shape index (κ1) is 24.0. The van der Waals surface area contributed by atoms with Crippen LogP contribution in [0.25, 0.3) is 11.3 Å². The number of halogens is 1. The molecule has 3 aromatic rings. The summed E-state index contributed by atoms with van der Waals surface area (Å²) in [6.45, 7) is 4.20. The van der Waals surface area contributed by atoms with Crippen LogP contribution < -0.4 is 10.6 Å². The van der Waals surface area contributed by atoms with Gasteiger partial charge in [-0.3, -0.25) is 4.79 Å².